The third-order valence-corrected chi connectivity index (χ3v) is 1.70. The van der Waals surface area contributed by atoms with E-state index < -0.39 is 0 Å². The maximum Gasteiger partial charge on any atom is 0.305 e. The van der Waals surface area contributed by atoms with E-state index in [1.165, 1.54) is 0 Å². The molecular formula is C9H10ClNO2. The Bertz CT molecular complexity index is 284. The number of hydrogen-bond donors (Lipinski definition) is 0. The van der Waals surface area contributed by atoms with Gasteiger partial charge in [0.15, 0.2) is 0 Å². The van der Waals surface area contributed by atoms with E-state index in [-0.39, 0.29) is 12.6 Å². The van der Waals surface area contributed by atoms with Gasteiger partial charge in [-0.2, -0.15) is 0 Å². The lowest BCUT2D eigenvalue weighted by molar-refractivity contribution is -0.144. The third kappa shape index (κ3) is 3.42. The monoisotopic (exact) mass is 199 g/mol. The van der Waals surface area contributed by atoms with Crippen molar-refractivity contribution in [2.24, 2.45) is 0 Å². The van der Waals surface area contributed by atoms with Gasteiger partial charge in [0.1, 0.15) is 11.8 Å². The van der Waals surface area contributed by atoms with Crippen molar-refractivity contribution in [2.75, 3.05) is 0 Å². The molecule has 0 N–H and O–H groups in total. The number of carbonyl (C=O) groups is 1. The molecule has 1 rings (SSSR count). The van der Waals surface area contributed by atoms with Crippen LogP contribution in [0.1, 0.15) is 18.9 Å². The number of carbonyl (C=O) groups excluding carboxylic acids is 1. The summed E-state index contributed by atoms with van der Waals surface area (Å²) in [5, 5.41) is 0.436. The molecule has 3 nitrogen and oxygen atoms in total. The summed E-state index contributed by atoms with van der Waals surface area (Å²) >= 11 is 5.58. The molecular weight excluding hydrogens is 190 g/mol. The fourth-order valence-electron chi connectivity index (χ4n) is 0.758. The van der Waals surface area contributed by atoms with Gasteiger partial charge in [-0.05, 0) is 6.07 Å². The third-order valence-electron chi connectivity index (χ3n) is 1.48. The number of ether oxygens (including phenoxy) is 1. The lowest BCUT2D eigenvalue weighted by Crippen LogP contribution is -2.02. The molecule has 4 heteroatoms. The van der Waals surface area contributed by atoms with Gasteiger partial charge in [0.05, 0.1) is 0 Å². The quantitative estimate of drug-likeness (QED) is 0.553. The maximum absolute atomic E-state index is 10.8. The van der Waals surface area contributed by atoms with E-state index in [1.54, 1.807) is 25.3 Å². The molecule has 0 bridgehead atoms. The Hall–Kier alpha value is -1.09. The molecule has 0 saturated heterocycles. The molecule has 1 aromatic rings. The molecule has 13 heavy (non-hydrogen) atoms. The second-order valence-electron chi connectivity index (χ2n) is 2.50. The Morgan fingerprint density at radius 1 is 1.62 bits per heavy atom. The van der Waals surface area contributed by atoms with E-state index in [0.717, 1.165) is 5.56 Å². The zero-order valence-electron chi connectivity index (χ0n) is 7.29. The zero-order valence-corrected chi connectivity index (χ0v) is 8.04. The minimum atomic E-state index is -0.213. The van der Waals surface area contributed by atoms with Crippen LogP contribution in [0.2, 0.25) is 5.15 Å². The number of rotatable bonds is 3. The molecule has 0 aliphatic heterocycles. The van der Waals surface area contributed by atoms with Crippen molar-refractivity contribution in [3.63, 3.8) is 0 Å². The smallest absolute Gasteiger partial charge is 0.305 e. The number of aromatic nitrogens is 1. The molecule has 1 aromatic heterocycles. The van der Waals surface area contributed by atoms with Crippen LogP contribution >= 0.6 is 11.6 Å². The Kier molecular flexibility index (Phi) is 3.71. The van der Waals surface area contributed by atoms with Gasteiger partial charge in [0.2, 0.25) is 0 Å². The first-order valence-corrected chi connectivity index (χ1v) is 4.36. The Morgan fingerprint density at radius 3 is 2.92 bits per heavy atom. The maximum atomic E-state index is 10.8. The summed E-state index contributed by atoms with van der Waals surface area (Å²) in [6, 6.07) is 3.44. The van der Waals surface area contributed by atoms with Gasteiger partial charge in [-0.3, -0.25) is 4.79 Å². The lowest BCUT2D eigenvalue weighted by atomic mass is 10.3. The number of halogens is 1. The van der Waals surface area contributed by atoms with Crippen LogP contribution in [0.5, 0.6) is 0 Å². The molecule has 0 aliphatic carbocycles. The predicted molar refractivity (Wildman–Crippen MR) is 49.3 cm³/mol. The van der Waals surface area contributed by atoms with Crippen molar-refractivity contribution in [2.45, 2.75) is 20.0 Å². The number of pyridine rings is 1. The summed E-state index contributed by atoms with van der Waals surface area (Å²) in [7, 11) is 0. The van der Waals surface area contributed by atoms with Gasteiger partial charge in [-0.15, -0.1) is 0 Å². The minimum absolute atomic E-state index is 0.213. The van der Waals surface area contributed by atoms with Crippen molar-refractivity contribution < 1.29 is 9.53 Å². The van der Waals surface area contributed by atoms with Crippen LogP contribution < -0.4 is 0 Å². The average molecular weight is 200 g/mol. The highest BCUT2D eigenvalue weighted by atomic mass is 35.5. The summed E-state index contributed by atoms with van der Waals surface area (Å²) in [5.41, 5.74) is 0.839. The van der Waals surface area contributed by atoms with Gasteiger partial charge in [-0.1, -0.05) is 24.6 Å². The minimum Gasteiger partial charge on any atom is -0.461 e. The largest absolute Gasteiger partial charge is 0.461 e. The van der Waals surface area contributed by atoms with E-state index in [9.17, 15) is 4.79 Å². The number of esters is 1. The second-order valence-corrected chi connectivity index (χ2v) is 2.89. The molecule has 0 aromatic carbocycles. The standard InChI is InChI=1S/C9H10ClNO2/c1-2-9(12)13-6-7-3-4-8(10)11-5-7/h3-5H,2,6H2,1H3. The van der Waals surface area contributed by atoms with Crippen LogP contribution in [0.3, 0.4) is 0 Å². The highest BCUT2D eigenvalue weighted by Gasteiger charge is 1.99. The summed E-state index contributed by atoms with van der Waals surface area (Å²) in [6.45, 7) is 2.01. The molecule has 70 valence electrons. The number of nitrogens with zero attached hydrogens (tertiary/aromatic N) is 1. The topological polar surface area (TPSA) is 39.2 Å². The zero-order chi connectivity index (χ0) is 9.68. The van der Waals surface area contributed by atoms with Gasteiger partial charge in [-0.25, -0.2) is 4.98 Å². The average Bonchev–Trinajstić information content (AvgIpc) is 2.16. The van der Waals surface area contributed by atoms with E-state index in [4.69, 9.17) is 16.3 Å². The van der Waals surface area contributed by atoms with E-state index in [1.807, 2.05) is 0 Å². The lowest BCUT2D eigenvalue weighted by Gasteiger charge is -2.02. The Balaban J connectivity index is 2.46. The van der Waals surface area contributed by atoms with Crippen LogP contribution in [-0.4, -0.2) is 11.0 Å². The summed E-state index contributed by atoms with van der Waals surface area (Å²) in [6.07, 6.45) is 1.98. The van der Waals surface area contributed by atoms with Crippen molar-refractivity contribution in [1.29, 1.82) is 0 Å². The highest BCUT2D eigenvalue weighted by molar-refractivity contribution is 6.29. The van der Waals surface area contributed by atoms with Crippen molar-refractivity contribution in [1.82, 2.24) is 4.98 Å². The van der Waals surface area contributed by atoms with E-state index >= 15 is 0 Å². The van der Waals surface area contributed by atoms with Gasteiger partial charge in [0.25, 0.3) is 0 Å². The van der Waals surface area contributed by atoms with Crippen molar-refractivity contribution >= 4 is 17.6 Å². The van der Waals surface area contributed by atoms with Crippen LogP contribution in [-0.2, 0) is 16.1 Å². The first-order valence-electron chi connectivity index (χ1n) is 3.98. The van der Waals surface area contributed by atoms with Crippen LogP contribution in [0, 0.1) is 0 Å². The van der Waals surface area contributed by atoms with Crippen LogP contribution in [0.15, 0.2) is 18.3 Å². The van der Waals surface area contributed by atoms with Crippen LogP contribution in [0.25, 0.3) is 0 Å². The SMILES string of the molecule is CCC(=O)OCc1ccc(Cl)nc1. The fraction of sp³-hybridized carbons (Fsp3) is 0.333. The van der Waals surface area contributed by atoms with E-state index in [0.29, 0.717) is 11.6 Å². The normalized spacial score (nSPS) is 9.69. The first-order chi connectivity index (χ1) is 6.22. The molecule has 0 amide bonds. The summed E-state index contributed by atoms with van der Waals surface area (Å²) < 4.78 is 4.90. The summed E-state index contributed by atoms with van der Waals surface area (Å²) in [4.78, 5) is 14.6. The Labute approximate surface area is 81.7 Å². The van der Waals surface area contributed by atoms with Gasteiger partial charge in [0, 0.05) is 18.2 Å². The fourth-order valence-corrected chi connectivity index (χ4v) is 0.870. The van der Waals surface area contributed by atoms with Crippen LogP contribution in [0.4, 0.5) is 0 Å². The molecule has 0 fully saturated rings. The molecule has 1 heterocycles. The molecule has 0 radical (unpaired) electrons. The van der Waals surface area contributed by atoms with E-state index in [2.05, 4.69) is 4.98 Å². The molecule has 0 unspecified atom stereocenters. The molecule has 0 spiro atoms. The predicted octanol–water partition coefficient (Wildman–Crippen LogP) is 2.19. The first kappa shape index (κ1) is 9.99. The molecule has 0 aliphatic rings. The highest BCUT2D eigenvalue weighted by Crippen LogP contribution is 2.06. The second kappa shape index (κ2) is 4.82. The molecule has 0 atom stereocenters. The Morgan fingerprint density at radius 2 is 2.38 bits per heavy atom. The van der Waals surface area contributed by atoms with Gasteiger partial charge >= 0.3 is 5.97 Å². The van der Waals surface area contributed by atoms with Crippen molar-refractivity contribution in [3.05, 3.63) is 29.0 Å². The van der Waals surface area contributed by atoms with Gasteiger partial charge < -0.3 is 4.74 Å². The summed E-state index contributed by atoms with van der Waals surface area (Å²) in [5.74, 6) is -0.213. The van der Waals surface area contributed by atoms with Crippen molar-refractivity contribution in [3.8, 4) is 0 Å². The molecule has 0 saturated carbocycles. The number of hydrogen-bond acceptors (Lipinski definition) is 3.